The molecule has 0 aliphatic rings. The smallest absolute Gasteiger partial charge is 0.271 e. The van der Waals surface area contributed by atoms with E-state index in [1.165, 1.54) is 6.33 Å². The second kappa shape index (κ2) is 8.08. The third-order valence-electron chi connectivity index (χ3n) is 4.55. The van der Waals surface area contributed by atoms with E-state index < -0.39 is 5.91 Å². The molecule has 8 nitrogen and oxygen atoms in total. The van der Waals surface area contributed by atoms with Crippen LogP contribution in [-0.4, -0.2) is 32.8 Å². The van der Waals surface area contributed by atoms with E-state index in [1.807, 2.05) is 45.0 Å². The van der Waals surface area contributed by atoms with Crippen LogP contribution in [0.25, 0.3) is 5.65 Å². The summed E-state index contributed by atoms with van der Waals surface area (Å²) >= 11 is 0. The van der Waals surface area contributed by atoms with Crippen LogP contribution in [0.3, 0.4) is 0 Å². The van der Waals surface area contributed by atoms with Gasteiger partial charge in [-0.3, -0.25) is 14.0 Å². The van der Waals surface area contributed by atoms with Gasteiger partial charge in [-0.2, -0.15) is 0 Å². The Morgan fingerprint density at radius 1 is 1.25 bits per heavy atom. The van der Waals surface area contributed by atoms with Gasteiger partial charge in [0.2, 0.25) is 5.91 Å². The Morgan fingerprint density at radius 3 is 2.71 bits per heavy atom. The van der Waals surface area contributed by atoms with E-state index in [0.29, 0.717) is 30.1 Å². The van der Waals surface area contributed by atoms with Crippen molar-refractivity contribution in [3.05, 3.63) is 53.2 Å². The van der Waals surface area contributed by atoms with Gasteiger partial charge in [-0.1, -0.05) is 12.1 Å². The molecule has 0 radical (unpaired) electrons. The van der Waals surface area contributed by atoms with Crippen molar-refractivity contribution in [3.8, 4) is 5.75 Å². The zero-order valence-electron chi connectivity index (χ0n) is 16.2. The number of nitrogens with zero attached hydrogens (tertiary/aromatic N) is 3. The number of carbonyl (C=O) groups excluding carboxylic acids is 2. The minimum absolute atomic E-state index is 0.116. The summed E-state index contributed by atoms with van der Waals surface area (Å²) in [6.45, 7) is 6.18. The number of fused-ring (bicyclic) bond motifs is 1. The number of aryl methyl sites for hydroxylation is 2. The Balaban J connectivity index is 1.77. The number of hydrogen-bond donors (Lipinski definition) is 2. The lowest BCUT2D eigenvalue weighted by Crippen LogP contribution is -2.15. The quantitative estimate of drug-likeness (QED) is 0.653. The molecular formula is C20H23N5O3. The van der Waals surface area contributed by atoms with E-state index in [2.05, 4.69) is 15.3 Å². The fourth-order valence-electron chi connectivity index (χ4n) is 3.17. The van der Waals surface area contributed by atoms with Gasteiger partial charge in [-0.05, 0) is 44.9 Å². The lowest BCUT2D eigenvalue weighted by atomic mass is 10.1. The summed E-state index contributed by atoms with van der Waals surface area (Å²) in [5.74, 6) is -0.0883. The topological polar surface area (TPSA) is 112 Å². The number of benzene rings is 1. The Hall–Kier alpha value is -3.42. The highest BCUT2D eigenvalue weighted by molar-refractivity contribution is 5.96. The predicted molar refractivity (Wildman–Crippen MR) is 106 cm³/mol. The number of nitrogens with two attached hydrogens (primary N) is 1. The Bertz CT molecular complexity index is 1040. The maximum atomic E-state index is 12.5. The largest absolute Gasteiger partial charge is 0.492 e. The maximum absolute atomic E-state index is 12.5. The van der Waals surface area contributed by atoms with Crippen molar-refractivity contribution < 1.29 is 14.3 Å². The summed E-state index contributed by atoms with van der Waals surface area (Å²) < 4.78 is 7.26. The molecule has 28 heavy (non-hydrogen) atoms. The van der Waals surface area contributed by atoms with Gasteiger partial charge in [0.25, 0.3) is 5.91 Å². The fraction of sp³-hybridized carbons (Fsp3) is 0.300. The fourth-order valence-corrected chi connectivity index (χ4v) is 3.17. The van der Waals surface area contributed by atoms with Crippen LogP contribution in [0.1, 0.15) is 40.8 Å². The third kappa shape index (κ3) is 3.80. The molecule has 0 aliphatic heterocycles. The maximum Gasteiger partial charge on any atom is 0.271 e. The molecule has 8 heteroatoms. The van der Waals surface area contributed by atoms with E-state index in [4.69, 9.17) is 10.5 Å². The van der Waals surface area contributed by atoms with E-state index in [1.54, 1.807) is 4.40 Å². The molecule has 0 fully saturated rings. The van der Waals surface area contributed by atoms with Crippen molar-refractivity contribution in [2.75, 3.05) is 11.9 Å². The number of carbonyl (C=O) groups is 2. The van der Waals surface area contributed by atoms with Gasteiger partial charge in [-0.15, -0.1) is 0 Å². The number of imidazole rings is 1. The van der Waals surface area contributed by atoms with Gasteiger partial charge >= 0.3 is 0 Å². The summed E-state index contributed by atoms with van der Waals surface area (Å²) in [5, 5.41) is 2.90. The number of anilines is 1. The number of aromatic nitrogens is 3. The summed E-state index contributed by atoms with van der Waals surface area (Å²) in [6.07, 6.45) is 2.32. The first-order valence-electron chi connectivity index (χ1n) is 9.07. The number of rotatable bonds is 7. The number of nitrogens with one attached hydrogen (secondary N) is 1. The molecule has 2 heterocycles. The van der Waals surface area contributed by atoms with Gasteiger partial charge in [0, 0.05) is 17.8 Å². The monoisotopic (exact) mass is 381 g/mol. The van der Waals surface area contributed by atoms with Crippen molar-refractivity contribution >= 4 is 23.1 Å². The van der Waals surface area contributed by atoms with Gasteiger partial charge in [0.15, 0.2) is 11.3 Å². The molecule has 0 atom stereocenters. The van der Waals surface area contributed by atoms with Crippen molar-refractivity contribution in [2.45, 2.75) is 33.6 Å². The predicted octanol–water partition coefficient (Wildman–Crippen LogP) is 2.42. The highest BCUT2D eigenvalue weighted by atomic mass is 16.5. The zero-order chi connectivity index (χ0) is 20.3. The number of primary amides is 1. The standard InChI is InChI=1S/C20H23N5O3/c1-4-28-16-8-6-5-7-15(16)24-17(26)10-9-14-12(2)23-20-18(19(21)27)22-11-25(20)13(14)3/h5-8,11H,4,9-10H2,1-3H3,(H2,21,27)(H,24,26). The second-order valence-corrected chi connectivity index (χ2v) is 6.39. The van der Waals surface area contributed by atoms with Crippen LogP contribution in [0, 0.1) is 13.8 Å². The molecule has 3 aromatic rings. The van der Waals surface area contributed by atoms with Gasteiger partial charge < -0.3 is 15.8 Å². The van der Waals surface area contributed by atoms with Crippen molar-refractivity contribution in [1.82, 2.24) is 14.4 Å². The highest BCUT2D eigenvalue weighted by Crippen LogP contribution is 2.24. The van der Waals surface area contributed by atoms with Crippen LogP contribution in [0.4, 0.5) is 5.69 Å². The van der Waals surface area contributed by atoms with E-state index in [-0.39, 0.29) is 18.0 Å². The molecular weight excluding hydrogens is 358 g/mol. The number of amides is 2. The Kier molecular flexibility index (Phi) is 5.58. The molecule has 0 spiro atoms. The van der Waals surface area contributed by atoms with Crippen LogP contribution in [0.15, 0.2) is 30.6 Å². The van der Waals surface area contributed by atoms with Gasteiger partial charge in [0.05, 0.1) is 12.3 Å². The Morgan fingerprint density at radius 2 is 2.00 bits per heavy atom. The lowest BCUT2D eigenvalue weighted by Gasteiger charge is -2.13. The number of para-hydroxylation sites is 2. The van der Waals surface area contributed by atoms with E-state index in [9.17, 15) is 9.59 Å². The molecule has 1 aromatic carbocycles. The van der Waals surface area contributed by atoms with Gasteiger partial charge in [0.1, 0.15) is 12.1 Å². The summed E-state index contributed by atoms with van der Waals surface area (Å²) in [5.41, 5.74) is 9.14. The minimum atomic E-state index is -0.617. The van der Waals surface area contributed by atoms with Crippen molar-refractivity contribution in [2.24, 2.45) is 5.73 Å². The average molecular weight is 381 g/mol. The van der Waals surface area contributed by atoms with Crippen molar-refractivity contribution in [3.63, 3.8) is 0 Å². The summed E-state index contributed by atoms with van der Waals surface area (Å²) in [6, 6.07) is 7.34. The first-order valence-corrected chi connectivity index (χ1v) is 9.07. The second-order valence-electron chi connectivity index (χ2n) is 6.39. The first-order chi connectivity index (χ1) is 13.4. The molecule has 2 amide bonds. The molecule has 146 valence electrons. The first kappa shape index (κ1) is 19.3. The van der Waals surface area contributed by atoms with Crippen LogP contribution >= 0.6 is 0 Å². The molecule has 3 N–H and O–H groups in total. The summed E-state index contributed by atoms with van der Waals surface area (Å²) in [4.78, 5) is 32.5. The summed E-state index contributed by atoms with van der Waals surface area (Å²) in [7, 11) is 0. The SMILES string of the molecule is CCOc1ccccc1NC(=O)CCc1c(C)nc2c(C(N)=O)ncn2c1C. The zero-order valence-corrected chi connectivity index (χ0v) is 16.2. The minimum Gasteiger partial charge on any atom is -0.492 e. The molecule has 0 saturated carbocycles. The van der Waals surface area contributed by atoms with Crippen molar-refractivity contribution in [1.29, 1.82) is 0 Å². The van der Waals surface area contributed by atoms with Crippen LogP contribution in [0.2, 0.25) is 0 Å². The number of hydrogen-bond acceptors (Lipinski definition) is 5. The van der Waals surface area contributed by atoms with Gasteiger partial charge in [-0.25, -0.2) is 9.97 Å². The lowest BCUT2D eigenvalue weighted by molar-refractivity contribution is -0.116. The Labute approximate surface area is 162 Å². The number of ether oxygens (including phenoxy) is 1. The van der Waals surface area contributed by atoms with E-state index >= 15 is 0 Å². The normalized spacial score (nSPS) is 10.8. The van der Waals surface area contributed by atoms with Crippen LogP contribution < -0.4 is 15.8 Å². The van der Waals surface area contributed by atoms with Crippen LogP contribution in [-0.2, 0) is 11.2 Å². The van der Waals surface area contributed by atoms with Crippen LogP contribution in [0.5, 0.6) is 5.75 Å². The molecule has 0 saturated heterocycles. The molecule has 2 aromatic heterocycles. The highest BCUT2D eigenvalue weighted by Gasteiger charge is 2.17. The molecule has 3 rings (SSSR count). The molecule has 0 unspecified atom stereocenters. The average Bonchev–Trinajstić information content (AvgIpc) is 3.07. The molecule has 0 bridgehead atoms. The van der Waals surface area contributed by atoms with E-state index in [0.717, 1.165) is 17.0 Å². The third-order valence-corrected chi connectivity index (χ3v) is 4.55. The molecule has 0 aliphatic carbocycles.